The van der Waals surface area contributed by atoms with Crippen LogP contribution in [0.15, 0.2) is 12.2 Å². The Balaban J connectivity index is 4.82. The number of carbonyl (C=O) groups is 4. The minimum Gasteiger partial charge on any atom is -0.480 e. The molecule has 3 N–H and O–H groups in total. The lowest BCUT2D eigenvalue weighted by molar-refractivity contribution is -0.147. The number of carbonyl (C=O) groups excluding carboxylic acids is 3. The number of nitrogens with one attached hydrogen (secondary N) is 2. The molecule has 0 bridgehead atoms. The Bertz CT molecular complexity index is 645. The number of ether oxygens (including phenoxy) is 2. The summed E-state index contributed by atoms with van der Waals surface area (Å²) in [7, 11) is 0. The maximum Gasteiger partial charge on any atom is 0.407 e. The molecule has 0 aliphatic carbocycles. The van der Waals surface area contributed by atoms with Crippen LogP contribution in [0.3, 0.4) is 0 Å². The second-order valence-electron chi connectivity index (χ2n) is 8.28. The van der Waals surface area contributed by atoms with Gasteiger partial charge in [-0.1, -0.05) is 48.1 Å². The Morgan fingerprint density at radius 1 is 1.07 bits per heavy atom. The number of aliphatic carboxylic acids is 1. The molecule has 0 spiro atoms. The number of carboxylic acids is 1. The number of hydrogen-bond acceptors (Lipinski definition) is 6. The van der Waals surface area contributed by atoms with Crippen molar-refractivity contribution in [2.75, 3.05) is 19.8 Å². The molecule has 0 aromatic rings. The fourth-order valence-electron chi connectivity index (χ4n) is 2.81. The average molecular weight is 429 g/mol. The molecule has 9 heteroatoms. The van der Waals surface area contributed by atoms with E-state index in [2.05, 4.69) is 17.2 Å². The third kappa shape index (κ3) is 8.04. The van der Waals surface area contributed by atoms with Gasteiger partial charge in [0.1, 0.15) is 13.2 Å². The summed E-state index contributed by atoms with van der Waals surface area (Å²) in [5, 5.41) is 14.3. The summed E-state index contributed by atoms with van der Waals surface area (Å²) in [6.07, 6.45) is -0.885. The molecule has 0 heterocycles. The molecule has 0 aromatic carbocycles. The van der Waals surface area contributed by atoms with E-state index in [-0.39, 0.29) is 36.5 Å². The Hall–Kier alpha value is -2.58. The van der Waals surface area contributed by atoms with E-state index in [0.717, 1.165) is 0 Å². The van der Waals surface area contributed by atoms with Crippen molar-refractivity contribution in [1.82, 2.24) is 10.6 Å². The van der Waals surface area contributed by atoms with Crippen molar-refractivity contribution < 1.29 is 33.8 Å². The van der Waals surface area contributed by atoms with Crippen LogP contribution >= 0.6 is 0 Å². The number of amides is 2. The van der Waals surface area contributed by atoms with E-state index >= 15 is 0 Å². The van der Waals surface area contributed by atoms with Gasteiger partial charge in [0.05, 0.1) is 12.0 Å². The molecule has 3 atom stereocenters. The standard InChI is InChI=1S/C21H36N2O7/c1-12(2)15(7)21(8,14(5)6)19(27)23-16(17(24)25)11-30-20(28)22-9-10-29-18(26)13(3)4/h12,14-16H,3,9-11H2,1-2,4-8H3,(H,22,28)(H,23,27)(H,24,25). The topological polar surface area (TPSA) is 131 Å². The molecule has 0 saturated carbocycles. The van der Waals surface area contributed by atoms with Gasteiger partial charge in [-0.3, -0.25) is 4.79 Å². The Kier molecular flexibility index (Phi) is 11.1. The van der Waals surface area contributed by atoms with Crippen molar-refractivity contribution in [1.29, 1.82) is 0 Å². The normalized spacial score (nSPS) is 15.0. The van der Waals surface area contributed by atoms with Crippen LogP contribution in [0.1, 0.15) is 48.5 Å². The summed E-state index contributed by atoms with van der Waals surface area (Å²) >= 11 is 0. The molecule has 172 valence electrons. The molecule has 0 saturated heterocycles. The van der Waals surface area contributed by atoms with Crippen LogP contribution in [0, 0.1) is 23.2 Å². The molecule has 0 aliphatic heterocycles. The SMILES string of the molecule is C=C(C)C(=O)OCCNC(=O)OCC(NC(=O)C(C)(C(C)C)C(C)C(C)C)C(=O)O. The van der Waals surface area contributed by atoms with Crippen LogP contribution in [0.2, 0.25) is 0 Å². The summed E-state index contributed by atoms with van der Waals surface area (Å²) < 4.78 is 9.71. The van der Waals surface area contributed by atoms with Crippen LogP contribution in [0.5, 0.6) is 0 Å². The lowest BCUT2D eigenvalue weighted by Gasteiger charge is -2.40. The predicted octanol–water partition coefficient (Wildman–Crippen LogP) is 2.36. The van der Waals surface area contributed by atoms with Gasteiger partial charge < -0.3 is 25.2 Å². The van der Waals surface area contributed by atoms with E-state index in [0.29, 0.717) is 0 Å². The first-order chi connectivity index (χ1) is 13.7. The third-order valence-electron chi connectivity index (χ3n) is 5.57. The fourth-order valence-corrected chi connectivity index (χ4v) is 2.81. The van der Waals surface area contributed by atoms with Gasteiger partial charge in [0.15, 0.2) is 6.04 Å². The van der Waals surface area contributed by atoms with Crippen molar-refractivity contribution in [2.24, 2.45) is 23.2 Å². The number of esters is 1. The van der Waals surface area contributed by atoms with Crippen molar-refractivity contribution in [2.45, 2.75) is 54.5 Å². The molecular formula is C21H36N2O7. The first kappa shape index (κ1) is 27.4. The molecule has 0 fully saturated rings. The molecule has 30 heavy (non-hydrogen) atoms. The summed E-state index contributed by atoms with van der Waals surface area (Å²) in [4.78, 5) is 47.5. The molecular weight excluding hydrogens is 392 g/mol. The number of rotatable bonds is 12. The summed E-state index contributed by atoms with van der Waals surface area (Å²) in [6.45, 7) is 15.9. The molecule has 0 aliphatic rings. The second-order valence-corrected chi connectivity index (χ2v) is 8.28. The highest BCUT2D eigenvalue weighted by atomic mass is 16.6. The van der Waals surface area contributed by atoms with E-state index in [9.17, 15) is 24.3 Å². The predicted molar refractivity (Wildman–Crippen MR) is 112 cm³/mol. The van der Waals surface area contributed by atoms with Gasteiger partial charge in [-0.05, 0) is 24.7 Å². The zero-order valence-corrected chi connectivity index (χ0v) is 19.0. The van der Waals surface area contributed by atoms with Gasteiger partial charge in [0.2, 0.25) is 5.91 Å². The Morgan fingerprint density at radius 2 is 1.63 bits per heavy atom. The van der Waals surface area contributed by atoms with E-state index in [1.165, 1.54) is 6.92 Å². The Labute approximate surface area is 178 Å². The third-order valence-corrected chi connectivity index (χ3v) is 5.57. The minimum absolute atomic E-state index is 0.00178. The fraction of sp³-hybridized carbons (Fsp3) is 0.714. The Morgan fingerprint density at radius 3 is 2.07 bits per heavy atom. The highest BCUT2D eigenvalue weighted by molar-refractivity contribution is 5.88. The van der Waals surface area contributed by atoms with Gasteiger partial charge >= 0.3 is 18.0 Å². The van der Waals surface area contributed by atoms with Crippen LogP contribution < -0.4 is 10.6 Å². The zero-order valence-electron chi connectivity index (χ0n) is 19.0. The van der Waals surface area contributed by atoms with Gasteiger partial charge in [-0.15, -0.1) is 0 Å². The van der Waals surface area contributed by atoms with Crippen LogP contribution in [0.4, 0.5) is 4.79 Å². The monoisotopic (exact) mass is 428 g/mol. The first-order valence-electron chi connectivity index (χ1n) is 10.0. The summed E-state index contributed by atoms with van der Waals surface area (Å²) in [5.41, 5.74) is -0.560. The second kappa shape index (κ2) is 12.2. The van der Waals surface area contributed by atoms with Crippen LogP contribution in [-0.2, 0) is 23.9 Å². The first-order valence-corrected chi connectivity index (χ1v) is 10.0. The largest absolute Gasteiger partial charge is 0.480 e. The number of hydrogen-bond donors (Lipinski definition) is 3. The van der Waals surface area contributed by atoms with Crippen LogP contribution in [-0.4, -0.2) is 54.8 Å². The average Bonchev–Trinajstić information content (AvgIpc) is 2.65. The molecule has 0 radical (unpaired) electrons. The molecule has 3 unspecified atom stereocenters. The zero-order chi connectivity index (χ0) is 23.6. The van der Waals surface area contributed by atoms with E-state index < -0.39 is 42.0 Å². The van der Waals surface area contributed by atoms with Gasteiger partial charge in [0, 0.05) is 5.57 Å². The minimum atomic E-state index is -1.39. The highest BCUT2D eigenvalue weighted by Gasteiger charge is 2.44. The molecule has 9 nitrogen and oxygen atoms in total. The van der Waals surface area contributed by atoms with Gasteiger partial charge in [0.25, 0.3) is 0 Å². The van der Waals surface area contributed by atoms with Gasteiger partial charge in [-0.25, -0.2) is 14.4 Å². The van der Waals surface area contributed by atoms with E-state index in [1.54, 1.807) is 0 Å². The lowest BCUT2D eigenvalue weighted by Crippen LogP contribution is -2.54. The summed E-state index contributed by atoms with van der Waals surface area (Å²) in [6, 6.07) is -1.39. The molecule has 0 aromatic heterocycles. The maximum atomic E-state index is 13.0. The van der Waals surface area contributed by atoms with Crippen molar-refractivity contribution in [3.63, 3.8) is 0 Å². The van der Waals surface area contributed by atoms with Gasteiger partial charge in [-0.2, -0.15) is 0 Å². The van der Waals surface area contributed by atoms with Crippen LogP contribution in [0.25, 0.3) is 0 Å². The summed E-state index contributed by atoms with van der Waals surface area (Å²) in [5.74, 6) is -2.11. The van der Waals surface area contributed by atoms with E-state index in [1.807, 2.05) is 41.5 Å². The van der Waals surface area contributed by atoms with E-state index in [4.69, 9.17) is 9.47 Å². The van der Waals surface area contributed by atoms with Crippen molar-refractivity contribution >= 4 is 23.9 Å². The maximum absolute atomic E-state index is 13.0. The molecule has 0 rings (SSSR count). The number of alkyl carbamates (subject to hydrolysis) is 1. The van der Waals surface area contributed by atoms with Crippen molar-refractivity contribution in [3.8, 4) is 0 Å². The lowest BCUT2D eigenvalue weighted by atomic mass is 9.65. The smallest absolute Gasteiger partial charge is 0.407 e. The quantitative estimate of drug-likeness (QED) is 0.247. The van der Waals surface area contributed by atoms with Crippen molar-refractivity contribution in [3.05, 3.63) is 12.2 Å². The highest BCUT2D eigenvalue weighted by Crippen LogP contribution is 2.39. The number of carboxylic acid groups (broad SMARTS) is 1. The molecule has 2 amide bonds.